The largest absolute Gasteiger partial charge is 0.381 e. The number of pyridine rings is 1. The Balaban J connectivity index is 2.08. The molecule has 1 aromatic carbocycles. The van der Waals surface area contributed by atoms with E-state index >= 15 is 0 Å². The van der Waals surface area contributed by atoms with Crippen molar-refractivity contribution in [2.75, 3.05) is 12.4 Å². The average Bonchev–Trinajstić information content (AvgIpc) is 2.40. The molecule has 1 heterocycles. The van der Waals surface area contributed by atoms with Gasteiger partial charge in [-0.15, -0.1) is 0 Å². The Morgan fingerprint density at radius 2 is 1.94 bits per heavy atom. The van der Waals surface area contributed by atoms with Crippen LogP contribution in [-0.2, 0) is 17.9 Å². The number of benzene rings is 1. The Labute approximate surface area is 108 Å². The molecule has 3 heteroatoms. The lowest BCUT2D eigenvalue weighted by molar-refractivity contribution is 0.184. The number of hydrogen-bond donors (Lipinski definition) is 1. The molecular weight excluding hydrogens is 224 g/mol. The molecule has 2 rings (SSSR count). The third-order valence-corrected chi connectivity index (χ3v) is 2.91. The molecule has 0 unspecified atom stereocenters. The van der Waals surface area contributed by atoms with Crippen molar-refractivity contribution >= 4 is 5.69 Å². The molecule has 0 amide bonds. The number of nitrogens with zero attached hydrogens (tertiary/aromatic N) is 1. The summed E-state index contributed by atoms with van der Waals surface area (Å²) >= 11 is 0. The fourth-order valence-electron chi connectivity index (χ4n) is 1.89. The Morgan fingerprint density at radius 1 is 1.17 bits per heavy atom. The van der Waals surface area contributed by atoms with Gasteiger partial charge in [0.15, 0.2) is 0 Å². The van der Waals surface area contributed by atoms with E-state index < -0.39 is 0 Å². The standard InChI is InChI=1S/C15H18N2O/c1-12-9-16-8-7-15(12)17-10-13-5-3-4-6-14(13)11-18-2/h3-9H,10-11H2,1-2H3,(H,16,17). The quantitative estimate of drug-likeness (QED) is 0.874. The fourth-order valence-corrected chi connectivity index (χ4v) is 1.89. The lowest BCUT2D eigenvalue weighted by Gasteiger charge is -2.12. The van der Waals surface area contributed by atoms with Gasteiger partial charge in [0.25, 0.3) is 0 Å². The van der Waals surface area contributed by atoms with Crippen LogP contribution in [0.4, 0.5) is 5.69 Å². The van der Waals surface area contributed by atoms with Gasteiger partial charge in [0.1, 0.15) is 0 Å². The fraction of sp³-hybridized carbons (Fsp3) is 0.267. The molecule has 0 aliphatic rings. The van der Waals surface area contributed by atoms with Gasteiger partial charge in [-0.2, -0.15) is 0 Å². The van der Waals surface area contributed by atoms with Crippen LogP contribution in [0.5, 0.6) is 0 Å². The molecule has 94 valence electrons. The van der Waals surface area contributed by atoms with E-state index in [0.29, 0.717) is 6.61 Å². The predicted molar refractivity (Wildman–Crippen MR) is 73.5 cm³/mol. The number of anilines is 1. The minimum absolute atomic E-state index is 0.646. The first-order chi connectivity index (χ1) is 8.81. The first kappa shape index (κ1) is 12.6. The third kappa shape index (κ3) is 3.08. The number of nitrogens with one attached hydrogen (secondary N) is 1. The van der Waals surface area contributed by atoms with Crippen molar-refractivity contribution in [3.63, 3.8) is 0 Å². The van der Waals surface area contributed by atoms with Crippen molar-refractivity contribution in [2.45, 2.75) is 20.1 Å². The van der Waals surface area contributed by atoms with Crippen LogP contribution in [0.15, 0.2) is 42.7 Å². The summed E-state index contributed by atoms with van der Waals surface area (Å²) in [7, 11) is 1.72. The van der Waals surface area contributed by atoms with Crippen LogP contribution in [-0.4, -0.2) is 12.1 Å². The van der Waals surface area contributed by atoms with E-state index in [1.807, 2.05) is 18.3 Å². The molecule has 0 spiro atoms. The first-order valence-corrected chi connectivity index (χ1v) is 6.01. The van der Waals surface area contributed by atoms with Crippen LogP contribution in [0.3, 0.4) is 0 Å². The molecule has 0 fully saturated rings. The molecule has 18 heavy (non-hydrogen) atoms. The van der Waals surface area contributed by atoms with E-state index in [0.717, 1.165) is 17.8 Å². The molecule has 0 saturated heterocycles. The van der Waals surface area contributed by atoms with Crippen molar-refractivity contribution in [2.24, 2.45) is 0 Å². The van der Waals surface area contributed by atoms with E-state index in [1.54, 1.807) is 13.3 Å². The molecular formula is C15H18N2O. The van der Waals surface area contributed by atoms with Crippen molar-refractivity contribution in [1.29, 1.82) is 0 Å². The van der Waals surface area contributed by atoms with Gasteiger partial charge in [0, 0.05) is 31.7 Å². The molecule has 1 N–H and O–H groups in total. The number of ether oxygens (including phenoxy) is 1. The highest BCUT2D eigenvalue weighted by atomic mass is 16.5. The number of aryl methyl sites for hydroxylation is 1. The van der Waals surface area contributed by atoms with Crippen molar-refractivity contribution in [3.05, 3.63) is 59.4 Å². The summed E-state index contributed by atoms with van der Waals surface area (Å²) in [5, 5.41) is 3.43. The number of methoxy groups -OCH3 is 1. The van der Waals surface area contributed by atoms with E-state index in [2.05, 4.69) is 35.4 Å². The second-order valence-corrected chi connectivity index (χ2v) is 4.25. The first-order valence-electron chi connectivity index (χ1n) is 6.01. The van der Waals surface area contributed by atoms with Gasteiger partial charge < -0.3 is 10.1 Å². The van der Waals surface area contributed by atoms with Crippen molar-refractivity contribution in [3.8, 4) is 0 Å². The van der Waals surface area contributed by atoms with Gasteiger partial charge in [0.2, 0.25) is 0 Å². The summed E-state index contributed by atoms with van der Waals surface area (Å²) in [6.07, 6.45) is 3.67. The third-order valence-electron chi connectivity index (χ3n) is 2.91. The predicted octanol–water partition coefficient (Wildman–Crippen LogP) is 3.15. The zero-order chi connectivity index (χ0) is 12.8. The molecule has 0 bridgehead atoms. The van der Waals surface area contributed by atoms with Gasteiger partial charge in [-0.05, 0) is 29.7 Å². The van der Waals surface area contributed by atoms with E-state index in [4.69, 9.17) is 4.74 Å². The topological polar surface area (TPSA) is 34.1 Å². The van der Waals surface area contributed by atoms with E-state index in [9.17, 15) is 0 Å². The van der Waals surface area contributed by atoms with Crippen molar-refractivity contribution < 1.29 is 4.74 Å². The molecule has 0 saturated carbocycles. The maximum atomic E-state index is 5.21. The second-order valence-electron chi connectivity index (χ2n) is 4.25. The highest BCUT2D eigenvalue weighted by molar-refractivity contribution is 5.49. The van der Waals surface area contributed by atoms with Crippen LogP contribution in [0.25, 0.3) is 0 Å². The second kappa shape index (κ2) is 6.17. The number of aromatic nitrogens is 1. The monoisotopic (exact) mass is 242 g/mol. The lowest BCUT2D eigenvalue weighted by Crippen LogP contribution is -2.04. The van der Waals surface area contributed by atoms with Gasteiger partial charge in [0.05, 0.1) is 6.61 Å². The normalized spacial score (nSPS) is 10.3. The van der Waals surface area contributed by atoms with Gasteiger partial charge in [-0.25, -0.2) is 0 Å². The van der Waals surface area contributed by atoms with Gasteiger partial charge >= 0.3 is 0 Å². The van der Waals surface area contributed by atoms with E-state index in [1.165, 1.54) is 11.1 Å². The van der Waals surface area contributed by atoms with Crippen LogP contribution in [0, 0.1) is 6.92 Å². The Hall–Kier alpha value is -1.87. The minimum Gasteiger partial charge on any atom is -0.381 e. The van der Waals surface area contributed by atoms with Crippen molar-refractivity contribution in [1.82, 2.24) is 4.98 Å². The maximum Gasteiger partial charge on any atom is 0.0716 e. The highest BCUT2D eigenvalue weighted by Gasteiger charge is 2.02. The zero-order valence-electron chi connectivity index (χ0n) is 10.8. The van der Waals surface area contributed by atoms with Crippen LogP contribution in [0.2, 0.25) is 0 Å². The minimum atomic E-state index is 0.646. The lowest BCUT2D eigenvalue weighted by atomic mass is 10.1. The molecule has 2 aromatic rings. The summed E-state index contributed by atoms with van der Waals surface area (Å²) in [5.41, 5.74) is 4.76. The molecule has 0 aliphatic heterocycles. The number of rotatable bonds is 5. The zero-order valence-corrected chi connectivity index (χ0v) is 10.8. The summed E-state index contributed by atoms with van der Waals surface area (Å²) in [6, 6.07) is 10.3. The van der Waals surface area contributed by atoms with Crippen LogP contribution >= 0.6 is 0 Å². The summed E-state index contributed by atoms with van der Waals surface area (Å²) in [5.74, 6) is 0. The van der Waals surface area contributed by atoms with Gasteiger partial charge in [-0.1, -0.05) is 24.3 Å². The van der Waals surface area contributed by atoms with Crippen LogP contribution < -0.4 is 5.32 Å². The molecule has 1 aromatic heterocycles. The Morgan fingerprint density at radius 3 is 2.67 bits per heavy atom. The SMILES string of the molecule is COCc1ccccc1CNc1ccncc1C. The summed E-state index contributed by atoms with van der Waals surface area (Å²) < 4.78 is 5.21. The summed E-state index contributed by atoms with van der Waals surface area (Å²) in [4.78, 5) is 4.09. The number of hydrogen-bond acceptors (Lipinski definition) is 3. The highest BCUT2D eigenvalue weighted by Crippen LogP contribution is 2.15. The smallest absolute Gasteiger partial charge is 0.0716 e. The molecule has 0 radical (unpaired) electrons. The van der Waals surface area contributed by atoms with E-state index in [-0.39, 0.29) is 0 Å². The Kier molecular flexibility index (Phi) is 4.31. The maximum absolute atomic E-state index is 5.21. The van der Waals surface area contributed by atoms with Crippen LogP contribution in [0.1, 0.15) is 16.7 Å². The molecule has 3 nitrogen and oxygen atoms in total. The van der Waals surface area contributed by atoms with Gasteiger partial charge in [-0.3, -0.25) is 4.98 Å². The molecule has 0 aliphatic carbocycles. The summed E-state index contributed by atoms with van der Waals surface area (Å²) in [6.45, 7) is 3.49. The average molecular weight is 242 g/mol. The molecule has 0 atom stereocenters. The Bertz CT molecular complexity index is 511.